The van der Waals surface area contributed by atoms with Crippen molar-refractivity contribution in [2.45, 2.75) is 0 Å². The summed E-state index contributed by atoms with van der Waals surface area (Å²) in [5.41, 5.74) is 2.66. The molecule has 0 atom stereocenters. The number of hydrogen-bond acceptors (Lipinski definition) is 8. The van der Waals surface area contributed by atoms with E-state index in [4.69, 9.17) is 11.6 Å². The number of ether oxygens (including phenoxy) is 1. The zero-order valence-corrected chi connectivity index (χ0v) is 10.4. The Morgan fingerprint density at radius 1 is 1.68 bits per heavy atom. The molecule has 0 unspecified atom stereocenters. The van der Waals surface area contributed by atoms with Gasteiger partial charge in [-0.05, 0) is 0 Å². The lowest BCUT2D eigenvalue weighted by Gasteiger charge is -2.13. The van der Waals surface area contributed by atoms with Crippen LogP contribution in [0.3, 0.4) is 0 Å². The van der Waals surface area contributed by atoms with Crippen molar-refractivity contribution >= 4 is 34.8 Å². The summed E-state index contributed by atoms with van der Waals surface area (Å²) >= 11 is 5.88. The normalized spacial score (nSPS) is 14.2. The van der Waals surface area contributed by atoms with Gasteiger partial charge in [0.25, 0.3) is 5.69 Å². The molecule has 2 heterocycles. The summed E-state index contributed by atoms with van der Waals surface area (Å²) in [6.07, 6.45) is 1.05. The Hall–Kier alpha value is -2.26. The summed E-state index contributed by atoms with van der Waals surface area (Å²) < 4.78 is 4.52. The van der Waals surface area contributed by atoms with Crippen LogP contribution in [0, 0.1) is 10.1 Å². The number of hydrazine groups is 1. The van der Waals surface area contributed by atoms with Crippen LogP contribution in [0.15, 0.2) is 17.4 Å². The van der Waals surface area contributed by atoms with E-state index >= 15 is 0 Å². The second-order valence-electron chi connectivity index (χ2n) is 3.44. The predicted octanol–water partition coefficient (Wildman–Crippen LogP) is 0.497. The molecule has 0 saturated heterocycles. The monoisotopic (exact) mass is 285 g/mol. The molecule has 10 heteroatoms. The minimum absolute atomic E-state index is 0.0385. The molecular weight excluding hydrogens is 278 g/mol. The summed E-state index contributed by atoms with van der Waals surface area (Å²) in [4.78, 5) is 25.0. The number of esters is 1. The van der Waals surface area contributed by atoms with E-state index in [9.17, 15) is 14.9 Å². The second-order valence-corrected chi connectivity index (χ2v) is 3.85. The first-order valence-electron chi connectivity index (χ1n) is 5.02. The number of nitro groups is 1. The minimum Gasteiger partial charge on any atom is -0.464 e. The number of rotatable bonds is 3. The molecule has 2 rings (SSSR count). The minimum atomic E-state index is -0.608. The molecule has 19 heavy (non-hydrogen) atoms. The molecule has 0 spiro atoms. The van der Waals surface area contributed by atoms with Crippen molar-refractivity contribution in [2.24, 2.45) is 5.10 Å². The molecule has 0 aromatic carbocycles. The lowest BCUT2D eigenvalue weighted by Crippen LogP contribution is -2.30. The quantitative estimate of drug-likeness (QED) is 0.489. The maximum absolute atomic E-state index is 11.3. The first-order chi connectivity index (χ1) is 9.02. The van der Waals surface area contributed by atoms with Gasteiger partial charge in [0.15, 0.2) is 11.5 Å². The highest BCUT2D eigenvalue weighted by atomic mass is 35.5. The Bertz CT molecular complexity index is 576. The number of nitrogens with zero attached hydrogens (tertiary/aromatic N) is 4. The fourth-order valence-corrected chi connectivity index (χ4v) is 1.61. The fraction of sp³-hybridized carbons (Fsp3) is 0.222. The number of methoxy groups -OCH3 is 1. The smallest absolute Gasteiger partial charge is 0.355 e. The number of halogens is 1. The van der Waals surface area contributed by atoms with Gasteiger partial charge in [-0.25, -0.2) is 15.2 Å². The third-order valence-electron chi connectivity index (χ3n) is 2.26. The SMILES string of the molecule is COC(=O)C1=NN(c2ncc([N+](=O)[O-])cc2Cl)NC1. The standard InChI is InChI=1S/C9H8ClN5O4/c1-19-9(16)7-4-12-14(13-7)8-6(10)2-5(3-11-8)15(17)18/h2-3,12H,4H2,1H3. The Balaban J connectivity index is 2.27. The molecule has 1 aromatic heterocycles. The number of nitrogens with one attached hydrogen (secondary N) is 1. The molecule has 0 saturated carbocycles. The average molecular weight is 286 g/mol. The fourth-order valence-electron chi connectivity index (χ4n) is 1.37. The van der Waals surface area contributed by atoms with Crippen molar-refractivity contribution in [3.63, 3.8) is 0 Å². The van der Waals surface area contributed by atoms with Crippen LogP contribution in [0.25, 0.3) is 0 Å². The molecule has 1 aliphatic rings. The average Bonchev–Trinajstić information content (AvgIpc) is 2.87. The Morgan fingerprint density at radius 2 is 2.42 bits per heavy atom. The van der Waals surface area contributed by atoms with Crippen LogP contribution in [-0.4, -0.2) is 35.2 Å². The summed E-state index contributed by atoms with van der Waals surface area (Å²) in [5, 5.41) is 15.7. The van der Waals surface area contributed by atoms with Crippen molar-refractivity contribution in [2.75, 3.05) is 18.8 Å². The molecule has 0 radical (unpaired) electrons. The number of anilines is 1. The summed E-state index contributed by atoms with van der Waals surface area (Å²) in [6, 6.07) is 1.15. The van der Waals surface area contributed by atoms with E-state index in [1.807, 2.05) is 0 Å². The van der Waals surface area contributed by atoms with Crippen LogP contribution in [0.5, 0.6) is 0 Å². The van der Waals surface area contributed by atoms with E-state index in [2.05, 4.69) is 20.2 Å². The van der Waals surface area contributed by atoms with Gasteiger partial charge in [0.05, 0.1) is 23.6 Å². The van der Waals surface area contributed by atoms with Crippen molar-refractivity contribution in [3.05, 3.63) is 27.4 Å². The summed E-state index contributed by atoms with van der Waals surface area (Å²) in [6.45, 7) is 0.154. The van der Waals surface area contributed by atoms with Gasteiger partial charge in [0.1, 0.15) is 6.20 Å². The third-order valence-corrected chi connectivity index (χ3v) is 2.53. The van der Waals surface area contributed by atoms with Gasteiger partial charge in [-0.3, -0.25) is 10.1 Å². The van der Waals surface area contributed by atoms with E-state index in [-0.39, 0.29) is 28.8 Å². The number of aromatic nitrogens is 1. The van der Waals surface area contributed by atoms with Crippen LogP contribution in [0.2, 0.25) is 5.02 Å². The Labute approximate surface area is 111 Å². The second kappa shape index (κ2) is 5.16. The molecule has 100 valence electrons. The Kier molecular flexibility index (Phi) is 3.58. The number of hydrazone groups is 1. The highest BCUT2D eigenvalue weighted by Crippen LogP contribution is 2.27. The van der Waals surface area contributed by atoms with Crippen molar-refractivity contribution in [1.82, 2.24) is 10.4 Å². The number of carbonyl (C=O) groups excluding carboxylic acids is 1. The van der Waals surface area contributed by atoms with Crippen molar-refractivity contribution in [1.29, 1.82) is 0 Å². The Morgan fingerprint density at radius 3 is 3.00 bits per heavy atom. The predicted molar refractivity (Wildman–Crippen MR) is 65.8 cm³/mol. The van der Waals surface area contributed by atoms with Gasteiger partial charge in [-0.2, -0.15) is 10.2 Å². The van der Waals surface area contributed by atoms with Crippen molar-refractivity contribution < 1.29 is 14.5 Å². The maximum atomic E-state index is 11.3. The lowest BCUT2D eigenvalue weighted by atomic mass is 10.4. The zero-order valence-electron chi connectivity index (χ0n) is 9.66. The van der Waals surface area contributed by atoms with Crippen LogP contribution >= 0.6 is 11.6 Å². The summed E-state index contributed by atoms with van der Waals surface area (Å²) in [5.74, 6) is -0.417. The highest BCUT2D eigenvalue weighted by molar-refractivity contribution is 6.38. The molecule has 0 bridgehead atoms. The molecule has 0 aliphatic carbocycles. The molecule has 9 nitrogen and oxygen atoms in total. The van der Waals surface area contributed by atoms with Gasteiger partial charge in [-0.1, -0.05) is 11.6 Å². The van der Waals surface area contributed by atoms with Crippen LogP contribution < -0.4 is 10.5 Å². The maximum Gasteiger partial charge on any atom is 0.355 e. The first-order valence-corrected chi connectivity index (χ1v) is 5.40. The lowest BCUT2D eigenvalue weighted by molar-refractivity contribution is -0.385. The first kappa shape index (κ1) is 13.2. The molecule has 0 fully saturated rings. The van der Waals surface area contributed by atoms with Gasteiger partial charge in [0, 0.05) is 6.07 Å². The highest BCUT2D eigenvalue weighted by Gasteiger charge is 2.25. The van der Waals surface area contributed by atoms with E-state index < -0.39 is 10.9 Å². The number of hydrogen-bond donors (Lipinski definition) is 1. The molecule has 1 aromatic rings. The molecular formula is C9H8ClN5O4. The van der Waals surface area contributed by atoms with Gasteiger partial charge in [-0.15, -0.1) is 0 Å². The molecule has 1 aliphatic heterocycles. The van der Waals surface area contributed by atoms with E-state index in [0.717, 1.165) is 17.4 Å². The van der Waals surface area contributed by atoms with E-state index in [1.165, 1.54) is 7.11 Å². The van der Waals surface area contributed by atoms with Crippen LogP contribution in [0.1, 0.15) is 0 Å². The van der Waals surface area contributed by atoms with Gasteiger partial charge >= 0.3 is 5.97 Å². The van der Waals surface area contributed by atoms with Gasteiger partial charge in [0.2, 0.25) is 0 Å². The third kappa shape index (κ3) is 2.61. The van der Waals surface area contributed by atoms with Gasteiger partial charge < -0.3 is 4.74 Å². The van der Waals surface area contributed by atoms with Crippen LogP contribution in [0.4, 0.5) is 11.5 Å². The topological polar surface area (TPSA) is 110 Å². The van der Waals surface area contributed by atoms with E-state index in [0.29, 0.717) is 0 Å². The molecule has 0 amide bonds. The largest absolute Gasteiger partial charge is 0.464 e. The summed E-state index contributed by atoms with van der Waals surface area (Å²) in [7, 11) is 1.24. The molecule has 1 N–H and O–H groups in total. The zero-order chi connectivity index (χ0) is 14.0. The van der Waals surface area contributed by atoms with Crippen molar-refractivity contribution in [3.8, 4) is 0 Å². The van der Waals surface area contributed by atoms with E-state index in [1.54, 1.807) is 0 Å². The number of carbonyl (C=O) groups is 1. The number of pyridine rings is 1. The van der Waals surface area contributed by atoms with Crippen LogP contribution in [-0.2, 0) is 9.53 Å².